The standard InChI is InChI=1S/C8H7ClF2N2O2/c9-6-3-5(13(14)15)1-2-7(6)12-4-8(10)11/h1-3,8,12H,4H2. The number of hydrogen-bond acceptors (Lipinski definition) is 3. The summed E-state index contributed by atoms with van der Waals surface area (Å²) in [4.78, 5) is 9.73. The summed E-state index contributed by atoms with van der Waals surface area (Å²) in [5.74, 6) is 0. The van der Waals surface area contributed by atoms with Gasteiger partial charge in [0.05, 0.1) is 22.2 Å². The van der Waals surface area contributed by atoms with Crippen LogP contribution in [0.15, 0.2) is 18.2 Å². The number of nitrogens with zero attached hydrogens (tertiary/aromatic N) is 1. The third kappa shape index (κ3) is 3.32. The zero-order chi connectivity index (χ0) is 11.4. The van der Waals surface area contributed by atoms with Crippen molar-refractivity contribution in [2.45, 2.75) is 6.43 Å². The number of hydrogen-bond donors (Lipinski definition) is 1. The van der Waals surface area contributed by atoms with E-state index in [-0.39, 0.29) is 16.4 Å². The van der Waals surface area contributed by atoms with E-state index >= 15 is 0 Å². The molecule has 1 aromatic rings. The molecule has 82 valence electrons. The molecule has 0 atom stereocenters. The molecule has 15 heavy (non-hydrogen) atoms. The van der Waals surface area contributed by atoms with E-state index in [2.05, 4.69) is 5.32 Å². The van der Waals surface area contributed by atoms with Gasteiger partial charge in [0, 0.05) is 12.1 Å². The maximum atomic E-state index is 11.8. The van der Waals surface area contributed by atoms with E-state index in [9.17, 15) is 18.9 Å². The summed E-state index contributed by atoms with van der Waals surface area (Å²) in [7, 11) is 0. The van der Waals surface area contributed by atoms with E-state index in [1.165, 1.54) is 12.1 Å². The normalized spacial score (nSPS) is 10.4. The molecule has 0 aliphatic carbocycles. The summed E-state index contributed by atoms with van der Waals surface area (Å²) in [6.45, 7) is -0.544. The summed E-state index contributed by atoms with van der Waals surface area (Å²) < 4.78 is 23.7. The Balaban J connectivity index is 2.79. The van der Waals surface area contributed by atoms with E-state index < -0.39 is 17.9 Å². The van der Waals surface area contributed by atoms with Gasteiger partial charge in [0.25, 0.3) is 12.1 Å². The van der Waals surface area contributed by atoms with Crippen LogP contribution in [0.3, 0.4) is 0 Å². The van der Waals surface area contributed by atoms with Crippen molar-refractivity contribution in [3.8, 4) is 0 Å². The van der Waals surface area contributed by atoms with Crippen LogP contribution in [0.5, 0.6) is 0 Å². The lowest BCUT2D eigenvalue weighted by molar-refractivity contribution is -0.384. The number of benzene rings is 1. The molecule has 1 rings (SSSR count). The highest BCUT2D eigenvalue weighted by Crippen LogP contribution is 2.26. The fourth-order valence-corrected chi connectivity index (χ4v) is 1.19. The zero-order valence-electron chi connectivity index (χ0n) is 7.41. The van der Waals surface area contributed by atoms with Crippen LogP contribution in [0.2, 0.25) is 5.02 Å². The molecule has 0 fully saturated rings. The van der Waals surface area contributed by atoms with Crippen molar-refractivity contribution in [3.63, 3.8) is 0 Å². The highest BCUT2D eigenvalue weighted by Gasteiger charge is 2.10. The van der Waals surface area contributed by atoms with Crippen molar-refractivity contribution in [2.75, 3.05) is 11.9 Å². The van der Waals surface area contributed by atoms with Crippen molar-refractivity contribution >= 4 is 23.0 Å². The third-order valence-corrected chi connectivity index (χ3v) is 1.92. The zero-order valence-corrected chi connectivity index (χ0v) is 8.17. The topological polar surface area (TPSA) is 55.2 Å². The highest BCUT2D eigenvalue weighted by atomic mass is 35.5. The molecule has 1 aromatic carbocycles. The molecule has 0 radical (unpaired) electrons. The molecule has 7 heteroatoms. The maximum Gasteiger partial charge on any atom is 0.271 e. The van der Waals surface area contributed by atoms with E-state index in [0.717, 1.165) is 6.07 Å². The first-order chi connectivity index (χ1) is 7.00. The van der Waals surface area contributed by atoms with Gasteiger partial charge in [0.2, 0.25) is 0 Å². The average Bonchev–Trinajstić information content (AvgIpc) is 2.15. The van der Waals surface area contributed by atoms with Gasteiger partial charge in [0.1, 0.15) is 0 Å². The molecule has 1 N–H and O–H groups in total. The molecule has 0 heterocycles. The summed E-state index contributed by atoms with van der Waals surface area (Å²) in [6.07, 6.45) is -2.50. The smallest absolute Gasteiger partial charge is 0.271 e. The Labute approximate surface area is 89.0 Å². The van der Waals surface area contributed by atoms with Crippen LogP contribution < -0.4 is 5.32 Å². The largest absolute Gasteiger partial charge is 0.378 e. The van der Waals surface area contributed by atoms with Crippen molar-refractivity contribution in [2.24, 2.45) is 0 Å². The minimum atomic E-state index is -2.50. The predicted molar refractivity (Wildman–Crippen MR) is 52.6 cm³/mol. The van der Waals surface area contributed by atoms with Crippen molar-refractivity contribution in [3.05, 3.63) is 33.3 Å². The lowest BCUT2D eigenvalue weighted by Gasteiger charge is -2.06. The molecule has 0 aromatic heterocycles. The molecule has 0 saturated carbocycles. The van der Waals surface area contributed by atoms with Crippen LogP contribution in [0.1, 0.15) is 0 Å². The third-order valence-electron chi connectivity index (χ3n) is 1.61. The Bertz CT molecular complexity index is 374. The molecular weight excluding hydrogens is 230 g/mol. The molecule has 4 nitrogen and oxygen atoms in total. The summed E-state index contributed by atoms with van der Waals surface area (Å²) in [5.41, 5.74) is 0.0742. The quantitative estimate of drug-likeness (QED) is 0.646. The Morgan fingerprint density at radius 2 is 2.20 bits per heavy atom. The number of rotatable bonds is 4. The Hall–Kier alpha value is -1.43. The molecule has 0 amide bonds. The Morgan fingerprint density at radius 1 is 1.53 bits per heavy atom. The van der Waals surface area contributed by atoms with Crippen LogP contribution in [0.4, 0.5) is 20.2 Å². The van der Waals surface area contributed by atoms with Gasteiger partial charge in [-0.3, -0.25) is 10.1 Å². The first kappa shape index (κ1) is 11.6. The highest BCUT2D eigenvalue weighted by molar-refractivity contribution is 6.33. The SMILES string of the molecule is O=[N+]([O-])c1ccc(NCC(F)F)c(Cl)c1. The van der Waals surface area contributed by atoms with E-state index in [1.54, 1.807) is 0 Å². The fourth-order valence-electron chi connectivity index (χ4n) is 0.948. The average molecular weight is 237 g/mol. The number of nitrogens with one attached hydrogen (secondary N) is 1. The van der Waals surface area contributed by atoms with Crippen molar-refractivity contribution in [1.82, 2.24) is 0 Å². The Kier molecular flexibility index (Phi) is 3.79. The van der Waals surface area contributed by atoms with Crippen LogP contribution in [0, 0.1) is 10.1 Å². The summed E-state index contributed by atoms with van der Waals surface area (Å²) in [6, 6.07) is 3.60. The van der Waals surface area contributed by atoms with Crippen molar-refractivity contribution < 1.29 is 13.7 Å². The van der Waals surface area contributed by atoms with E-state index in [4.69, 9.17) is 11.6 Å². The predicted octanol–water partition coefficient (Wildman–Crippen LogP) is 2.93. The molecule has 0 aliphatic heterocycles. The van der Waals surface area contributed by atoms with Crippen LogP contribution >= 0.6 is 11.6 Å². The number of nitro groups is 1. The van der Waals surface area contributed by atoms with Gasteiger partial charge >= 0.3 is 0 Å². The maximum absolute atomic E-state index is 11.8. The minimum Gasteiger partial charge on any atom is -0.378 e. The van der Waals surface area contributed by atoms with Gasteiger partial charge in [-0.25, -0.2) is 8.78 Å². The second-order valence-electron chi connectivity index (χ2n) is 2.69. The second kappa shape index (κ2) is 4.88. The first-order valence-corrected chi connectivity index (χ1v) is 4.34. The van der Waals surface area contributed by atoms with Crippen molar-refractivity contribution in [1.29, 1.82) is 0 Å². The van der Waals surface area contributed by atoms with E-state index in [1.807, 2.05) is 0 Å². The molecule has 0 aliphatic rings. The van der Waals surface area contributed by atoms with Gasteiger partial charge in [0.15, 0.2) is 0 Å². The van der Waals surface area contributed by atoms with Crippen LogP contribution in [0.25, 0.3) is 0 Å². The number of nitro benzene ring substituents is 1. The number of halogens is 3. The molecular formula is C8H7ClF2N2O2. The number of anilines is 1. The lowest BCUT2D eigenvalue weighted by atomic mass is 10.3. The van der Waals surface area contributed by atoms with Crippen LogP contribution in [-0.4, -0.2) is 17.9 Å². The van der Waals surface area contributed by atoms with Gasteiger partial charge in [-0.05, 0) is 6.07 Å². The van der Waals surface area contributed by atoms with Gasteiger partial charge in [-0.15, -0.1) is 0 Å². The van der Waals surface area contributed by atoms with E-state index in [0.29, 0.717) is 0 Å². The first-order valence-electron chi connectivity index (χ1n) is 3.96. The van der Waals surface area contributed by atoms with Gasteiger partial charge in [-0.1, -0.05) is 11.6 Å². The van der Waals surface area contributed by atoms with Gasteiger partial charge in [-0.2, -0.15) is 0 Å². The van der Waals surface area contributed by atoms with Crippen LogP contribution in [-0.2, 0) is 0 Å². The molecule has 0 unspecified atom stereocenters. The molecule has 0 saturated heterocycles. The van der Waals surface area contributed by atoms with Gasteiger partial charge < -0.3 is 5.32 Å². The number of non-ortho nitro benzene ring substituents is 1. The Morgan fingerprint density at radius 3 is 2.67 bits per heavy atom. The molecule has 0 spiro atoms. The second-order valence-corrected chi connectivity index (χ2v) is 3.10. The molecule has 0 bridgehead atoms. The number of alkyl halides is 2. The summed E-state index contributed by atoms with van der Waals surface area (Å²) in [5, 5.41) is 12.8. The summed E-state index contributed by atoms with van der Waals surface area (Å²) >= 11 is 5.65. The lowest BCUT2D eigenvalue weighted by Crippen LogP contribution is -2.10. The minimum absolute atomic E-state index is 0.0462. The monoisotopic (exact) mass is 236 g/mol. The fraction of sp³-hybridized carbons (Fsp3) is 0.250.